The molecule has 1 saturated carbocycles. The summed E-state index contributed by atoms with van der Waals surface area (Å²) in [4.78, 5) is 5.09. The number of piperidine rings is 1. The van der Waals surface area contributed by atoms with E-state index in [0.717, 1.165) is 31.2 Å². The van der Waals surface area contributed by atoms with Gasteiger partial charge in [0.05, 0.1) is 4.90 Å². The van der Waals surface area contributed by atoms with Crippen molar-refractivity contribution in [3.8, 4) is 0 Å². The zero-order valence-corrected chi connectivity index (χ0v) is 18.0. The molecule has 1 aromatic heterocycles. The van der Waals surface area contributed by atoms with Crippen LogP contribution in [0.5, 0.6) is 0 Å². The second-order valence-electron chi connectivity index (χ2n) is 8.16. The average molecular weight is 420 g/mol. The third-order valence-electron chi connectivity index (χ3n) is 6.14. The number of nitrogens with zero attached hydrogens (tertiary/aromatic N) is 3. The molecule has 0 spiro atoms. The van der Waals surface area contributed by atoms with Crippen LogP contribution in [0, 0.1) is 0 Å². The lowest BCUT2D eigenvalue weighted by Crippen LogP contribution is -2.49. The van der Waals surface area contributed by atoms with E-state index in [1.54, 1.807) is 23.5 Å². The first-order chi connectivity index (χ1) is 14.0. The maximum atomic E-state index is 13.5. The van der Waals surface area contributed by atoms with E-state index in [9.17, 15) is 8.42 Å². The van der Waals surface area contributed by atoms with Gasteiger partial charge in [-0.1, -0.05) is 30.3 Å². The quantitative estimate of drug-likeness (QED) is 0.653. The highest BCUT2D eigenvalue weighted by Gasteiger charge is 2.45. The van der Waals surface area contributed by atoms with Gasteiger partial charge in [0.15, 0.2) is 5.82 Å². The molecule has 1 atom stereocenters. The van der Waals surface area contributed by atoms with Crippen molar-refractivity contribution in [2.45, 2.75) is 61.7 Å². The first-order valence-corrected chi connectivity index (χ1v) is 11.9. The highest BCUT2D eigenvalue weighted by molar-refractivity contribution is 7.89. The first kappa shape index (κ1) is 20.5. The maximum Gasteiger partial charge on any atom is 0.243 e. The van der Waals surface area contributed by atoms with Crippen LogP contribution in [0.15, 0.2) is 33.7 Å². The molecular formula is C21H29N3O4S. The number of methoxy groups -OCH3 is 1. The molecule has 1 aliphatic carbocycles. The fraction of sp³-hybridized carbons (Fsp3) is 0.619. The molecule has 0 bridgehead atoms. The van der Waals surface area contributed by atoms with Crippen LogP contribution in [0.25, 0.3) is 0 Å². The van der Waals surface area contributed by atoms with Gasteiger partial charge in [-0.3, -0.25) is 0 Å². The summed E-state index contributed by atoms with van der Waals surface area (Å²) in [6.07, 6.45) is 5.08. The van der Waals surface area contributed by atoms with Crippen LogP contribution in [0.1, 0.15) is 62.2 Å². The number of benzene rings is 1. The second-order valence-corrected chi connectivity index (χ2v) is 10.1. The highest BCUT2D eigenvalue weighted by Crippen LogP contribution is 2.42. The minimum Gasteiger partial charge on any atom is -0.385 e. The summed E-state index contributed by atoms with van der Waals surface area (Å²) < 4.78 is 39.5. The number of hydrogen-bond acceptors (Lipinski definition) is 6. The zero-order valence-electron chi connectivity index (χ0n) is 17.1. The summed E-state index contributed by atoms with van der Waals surface area (Å²) in [7, 11) is -1.94. The van der Waals surface area contributed by atoms with E-state index in [2.05, 4.69) is 10.1 Å². The molecule has 0 unspecified atom stereocenters. The number of ether oxygens (including phenoxy) is 1. The Morgan fingerprint density at radius 2 is 2.10 bits per heavy atom. The lowest BCUT2D eigenvalue weighted by atomic mass is 9.77. The Morgan fingerprint density at radius 1 is 1.31 bits per heavy atom. The van der Waals surface area contributed by atoms with E-state index in [0.29, 0.717) is 55.1 Å². The number of sulfonamides is 1. The van der Waals surface area contributed by atoms with Crippen LogP contribution in [-0.2, 0) is 26.6 Å². The van der Waals surface area contributed by atoms with Crippen molar-refractivity contribution in [2.75, 3.05) is 26.8 Å². The molecule has 1 saturated heterocycles. The van der Waals surface area contributed by atoms with Gasteiger partial charge in [-0.05, 0) is 50.2 Å². The second kappa shape index (κ2) is 8.16. The Bertz CT molecular complexity index is 954. The Kier molecular flexibility index (Phi) is 5.77. The van der Waals surface area contributed by atoms with Crippen LogP contribution in [0.2, 0.25) is 0 Å². The predicted molar refractivity (Wildman–Crippen MR) is 108 cm³/mol. The SMILES string of the molecule is CCc1ccccc1S(=O)(=O)N1CCC[C@](CCOC)(c2noc(C3CC3)n2)C1. The number of aromatic nitrogens is 2. The smallest absolute Gasteiger partial charge is 0.243 e. The van der Waals surface area contributed by atoms with Crippen molar-refractivity contribution in [1.82, 2.24) is 14.4 Å². The van der Waals surface area contributed by atoms with E-state index >= 15 is 0 Å². The molecule has 2 aromatic rings. The molecule has 8 heteroatoms. The molecule has 29 heavy (non-hydrogen) atoms. The lowest BCUT2D eigenvalue weighted by molar-refractivity contribution is 0.128. The summed E-state index contributed by atoms with van der Waals surface area (Å²) in [5.41, 5.74) is 0.357. The Morgan fingerprint density at radius 3 is 2.83 bits per heavy atom. The van der Waals surface area contributed by atoms with Crippen molar-refractivity contribution in [1.29, 1.82) is 0 Å². The highest BCUT2D eigenvalue weighted by atomic mass is 32.2. The Balaban J connectivity index is 1.67. The number of hydrogen-bond donors (Lipinski definition) is 0. The fourth-order valence-electron chi connectivity index (χ4n) is 4.22. The van der Waals surface area contributed by atoms with Crippen molar-refractivity contribution in [3.05, 3.63) is 41.5 Å². The van der Waals surface area contributed by atoms with E-state index in [4.69, 9.17) is 9.26 Å². The van der Waals surface area contributed by atoms with Crippen LogP contribution < -0.4 is 0 Å². The van der Waals surface area contributed by atoms with Gasteiger partial charge in [0.25, 0.3) is 0 Å². The molecule has 2 aliphatic rings. The van der Waals surface area contributed by atoms with E-state index < -0.39 is 15.4 Å². The molecule has 0 N–H and O–H groups in total. The fourth-order valence-corrected chi connectivity index (χ4v) is 6.08. The molecule has 0 radical (unpaired) electrons. The van der Waals surface area contributed by atoms with Gasteiger partial charge in [0.1, 0.15) is 0 Å². The monoisotopic (exact) mass is 419 g/mol. The van der Waals surface area contributed by atoms with Crippen molar-refractivity contribution in [2.24, 2.45) is 0 Å². The van der Waals surface area contributed by atoms with Crippen molar-refractivity contribution >= 4 is 10.0 Å². The molecule has 158 valence electrons. The molecular weight excluding hydrogens is 390 g/mol. The summed E-state index contributed by atoms with van der Waals surface area (Å²) in [5.74, 6) is 1.68. The summed E-state index contributed by atoms with van der Waals surface area (Å²) in [6, 6.07) is 7.26. The molecule has 1 aliphatic heterocycles. The van der Waals surface area contributed by atoms with E-state index in [1.807, 2.05) is 19.1 Å². The average Bonchev–Trinajstić information content (AvgIpc) is 3.48. The molecule has 7 nitrogen and oxygen atoms in total. The first-order valence-electron chi connectivity index (χ1n) is 10.4. The third kappa shape index (κ3) is 3.98. The van der Waals surface area contributed by atoms with Crippen LogP contribution in [0.4, 0.5) is 0 Å². The Labute approximate surface area is 172 Å². The molecule has 0 amide bonds. The maximum absolute atomic E-state index is 13.5. The topological polar surface area (TPSA) is 85.5 Å². The van der Waals surface area contributed by atoms with Gasteiger partial charge in [0.2, 0.25) is 15.9 Å². The largest absolute Gasteiger partial charge is 0.385 e. The van der Waals surface area contributed by atoms with Crippen molar-refractivity contribution < 1.29 is 17.7 Å². The molecule has 4 rings (SSSR count). The summed E-state index contributed by atoms with van der Waals surface area (Å²) in [6.45, 7) is 3.35. The lowest BCUT2D eigenvalue weighted by Gasteiger charge is -2.40. The number of rotatable bonds is 8. The van der Waals surface area contributed by atoms with Crippen LogP contribution >= 0.6 is 0 Å². The zero-order chi connectivity index (χ0) is 20.5. The van der Waals surface area contributed by atoms with Gasteiger partial charge in [0, 0.05) is 38.1 Å². The van der Waals surface area contributed by atoms with Crippen LogP contribution in [-0.4, -0.2) is 49.7 Å². The Hall–Kier alpha value is -1.77. The van der Waals surface area contributed by atoms with Gasteiger partial charge in [-0.15, -0.1) is 0 Å². The summed E-state index contributed by atoms with van der Waals surface area (Å²) >= 11 is 0. The minimum atomic E-state index is -3.60. The van der Waals surface area contributed by atoms with Crippen LogP contribution in [0.3, 0.4) is 0 Å². The predicted octanol–water partition coefficient (Wildman–Crippen LogP) is 3.27. The van der Waals surface area contributed by atoms with Crippen molar-refractivity contribution in [3.63, 3.8) is 0 Å². The van der Waals surface area contributed by atoms with E-state index in [1.165, 1.54) is 0 Å². The van der Waals surface area contributed by atoms with E-state index in [-0.39, 0.29) is 0 Å². The standard InChI is InChI=1S/C21H29N3O4S/c1-3-16-7-4-5-8-18(16)29(25,26)24-13-6-11-21(15-24,12-14-27-2)20-22-19(28-23-20)17-9-10-17/h4-5,7-8,17H,3,6,9-15H2,1-2H3/t21-/m1/s1. The molecule has 1 aromatic carbocycles. The molecule has 2 heterocycles. The van der Waals surface area contributed by atoms with Gasteiger partial charge >= 0.3 is 0 Å². The molecule has 2 fully saturated rings. The third-order valence-corrected chi connectivity index (χ3v) is 8.09. The van der Waals surface area contributed by atoms with Gasteiger partial charge in [-0.25, -0.2) is 8.42 Å². The van der Waals surface area contributed by atoms with Gasteiger partial charge in [-0.2, -0.15) is 9.29 Å². The minimum absolute atomic E-state index is 0.348. The number of aryl methyl sites for hydroxylation is 1. The van der Waals surface area contributed by atoms with Gasteiger partial charge < -0.3 is 9.26 Å². The normalized spacial score (nSPS) is 23.4. The summed E-state index contributed by atoms with van der Waals surface area (Å²) in [5, 5.41) is 4.29.